The maximum Gasteiger partial charge on any atom is 0.0707 e. The van der Waals surface area contributed by atoms with Gasteiger partial charge in [0.2, 0.25) is 0 Å². The number of rotatable bonds is 1. The second-order valence-electron chi connectivity index (χ2n) is 5.19. The SMILES string of the molecule is Cc1ccc2c(C3CN(C)CCN3)ccnc2c1. The van der Waals surface area contributed by atoms with Crippen molar-refractivity contribution in [1.82, 2.24) is 15.2 Å². The maximum absolute atomic E-state index is 4.48. The Bertz CT molecular complexity index is 565. The van der Waals surface area contributed by atoms with Crippen LogP contribution in [0.25, 0.3) is 10.9 Å². The van der Waals surface area contributed by atoms with E-state index in [9.17, 15) is 0 Å². The molecule has 1 fully saturated rings. The number of aryl methyl sites for hydroxylation is 1. The van der Waals surface area contributed by atoms with E-state index in [4.69, 9.17) is 0 Å². The highest BCUT2D eigenvalue weighted by Gasteiger charge is 2.19. The van der Waals surface area contributed by atoms with E-state index in [1.165, 1.54) is 16.5 Å². The van der Waals surface area contributed by atoms with E-state index in [2.05, 4.69) is 53.4 Å². The molecule has 3 heteroatoms. The van der Waals surface area contributed by atoms with Crippen molar-refractivity contribution < 1.29 is 0 Å². The standard InChI is InChI=1S/C15H19N3/c1-11-3-4-12-13(5-6-16-14(12)9-11)15-10-18(2)8-7-17-15/h3-6,9,15,17H,7-8,10H2,1-2H3. The van der Waals surface area contributed by atoms with Crippen molar-refractivity contribution >= 4 is 10.9 Å². The van der Waals surface area contributed by atoms with Gasteiger partial charge in [-0.2, -0.15) is 0 Å². The highest BCUT2D eigenvalue weighted by Crippen LogP contribution is 2.25. The summed E-state index contributed by atoms with van der Waals surface area (Å²) >= 11 is 0. The van der Waals surface area contributed by atoms with Crippen LogP contribution < -0.4 is 5.32 Å². The summed E-state index contributed by atoms with van der Waals surface area (Å²) in [5.41, 5.74) is 3.73. The van der Waals surface area contributed by atoms with Gasteiger partial charge in [0.15, 0.2) is 0 Å². The average Bonchev–Trinajstić information content (AvgIpc) is 2.37. The fourth-order valence-corrected chi connectivity index (χ4v) is 2.69. The molecule has 0 aliphatic carbocycles. The molecule has 2 heterocycles. The molecule has 2 aromatic rings. The van der Waals surface area contributed by atoms with Gasteiger partial charge in [0, 0.05) is 37.3 Å². The molecular weight excluding hydrogens is 222 g/mol. The zero-order valence-corrected chi connectivity index (χ0v) is 11.0. The Kier molecular flexibility index (Phi) is 3.02. The Labute approximate surface area is 108 Å². The van der Waals surface area contributed by atoms with E-state index < -0.39 is 0 Å². The average molecular weight is 241 g/mol. The molecule has 3 rings (SSSR count). The summed E-state index contributed by atoms with van der Waals surface area (Å²) in [5, 5.41) is 4.88. The van der Waals surface area contributed by atoms with Gasteiger partial charge >= 0.3 is 0 Å². The number of hydrogen-bond acceptors (Lipinski definition) is 3. The molecule has 0 amide bonds. The van der Waals surface area contributed by atoms with Gasteiger partial charge in [0.25, 0.3) is 0 Å². The first-order valence-electron chi connectivity index (χ1n) is 6.51. The summed E-state index contributed by atoms with van der Waals surface area (Å²) in [6.07, 6.45) is 1.92. The first kappa shape index (κ1) is 11.6. The lowest BCUT2D eigenvalue weighted by atomic mass is 9.99. The largest absolute Gasteiger partial charge is 0.308 e. The molecule has 1 saturated heterocycles. The van der Waals surface area contributed by atoms with Crippen LogP contribution in [-0.2, 0) is 0 Å². The molecule has 1 N–H and O–H groups in total. The predicted molar refractivity (Wildman–Crippen MR) is 74.7 cm³/mol. The molecular formula is C15H19N3. The third-order valence-electron chi connectivity index (χ3n) is 3.69. The molecule has 1 unspecified atom stereocenters. The molecule has 1 atom stereocenters. The molecule has 1 aromatic carbocycles. The van der Waals surface area contributed by atoms with Crippen molar-refractivity contribution in [2.24, 2.45) is 0 Å². The number of piperazine rings is 1. The van der Waals surface area contributed by atoms with Crippen LogP contribution in [0.1, 0.15) is 17.2 Å². The third kappa shape index (κ3) is 2.11. The van der Waals surface area contributed by atoms with Crippen molar-refractivity contribution in [2.45, 2.75) is 13.0 Å². The lowest BCUT2D eigenvalue weighted by molar-refractivity contribution is 0.241. The molecule has 3 nitrogen and oxygen atoms in total. The van der Waals surface area contributed by atoms with Crippen molar-refractivity contribution in [2.75, 3.05) is 26.7 Å². The quantitative estimate of drug-likeness (QED) is 0.829. The molecule has 0 spiro atoms. The molecule has 1 aliphatic rings. The smallest absolute Gasteiger partial charge is 0.0707 e. The molecule has 1 aliphatic heterocycles. The van der Waals surface area contributed by atoms with Gasteiger partial charge in [-0.25, -0.2) is 0 Å². The summed E-state index contributed by atoms with van der Waals surface area (Å²) < 4.78 is 0. The zero-order chi connectivity index (χ0) is 12.5. The van der Waals surface area contributed by atoms with Crippen LogP contribution >= 0.6 is 0 Å². The molecule has 18 heavy (non-hydrogen) atoms. The third-order valence-corrected chi connectivity index (χ3v) is 3.69. The highest BCUT2D eigenvalue weighted by atomic mass is 15.2. The van der Waals surface area contributed by atoms with Crippen molar-refractivity contribution in [3.8, 4) is 0 Å². The van der Waals surface area contributed by atoms with E-state index in [-0.39, 0.29) is 0 Å². The van der Waals surface area contributed by atoms with Crippen LogP contribution in [0.5, 0.6) is 0 Å². The summed E-state index contributed by atoms with van der Waals surface area (Å²) in [5.74, 6) is 0. The van der Waals surface area contributed by atoms with Gasteiger partial charge in [-0.1, -0.05) is 12.1 Å². The maximum atomic E-state index is 4.48. The lowest BCUT2D eigenvalue weighted by Crippen LogP contribution is -2.43. The number of benzene rings is 1. The Hall–Kier alpha value is -1.45. The van der Waals surface area contributed by atoms with Gasteiger partial charge in [0.1, 0.15) is 0 Å². The van der Waals surface area contributed by atoms with Crippen LogP contribution in [-0.4, -0.2) is 36.6 Å². The number of nitrogens with one attached hydrogen (secondary N) is 1. The van der Waals surface area contributed by atoms with Crippen LogP contribution in [0.15, 0.2) is 30.5 Å². The van der Waals surface area contributed by atoms with E-state index >= 15 is 0 Å². The van der Waals surface area contributed by atoms with Crippen LogP contribution in [0.4, 0.5) is 0 Å². The molecule has 0 saturated carbocycles. The molecule has 94 valence electrons. The van der Waals surface area contributed by atoms with Crippen molar-refractivity contribution in [3.63, 3.8) is 0 Å². The van der Waals surface area contributed by atoms with E-state index in [0.717, 1.165) is 25.2 Å². The second-order valence-corrected chi connectivity index (χ2v) is 5.19. The van der Waals surface area contributed by atoms with Crippen LogP contribution in [0.2, 0.25) is 0 Å². The number of pyridine rings is 1. The Morgan fingerprint density at radius 1 is 1.33 bits per heavy atom. The molecule has 1 aromatic heterocycles. The monoisotopic (exact) mass is 241 g/mol. The fourth-order valence-electron chi connectivity index (χ4n) is 2.69. The van der Waals surface area contributed by atoms with Crippen molar-refractivity contribution in [1.29, 1.82) is 0 Å². The minimum absolute atomic E-state index is 0.414. The Morgan fingerprint density at radius 3 is 3.06 bits per heavy atom. The van der Waals surface area contributed by atoms with Gasteiger partial charge < -0.3 is 10.2 Å². The van der Waals surface area contributed by atoms with Gasteiger partial charge in [-0.3, -0.25) is 4.98 Å². The zero-order valence-electron chi connectivity index (χ0n) is 11.0. The van der Waals surface area contributed by atoms with Gasteiger partial charge in [-0.05, 0) is 37.2 Å². The minimum Gasteiger partial charge on any atom is -0.308 e. The summed E-state index contributed by atoms with van der Waals surface area (Å²) in [6.45, 7) is 5.35. The van der Waals surface area contributed by atoms with Crippen LogP contribution in [0, 0.1) is 6.92 Å². The first-order chi connectivity index (χ1) is 8.74. The summed E-state index contributed by atoms with van der Waals surface area (Å²) in [7, 11) is 2.18. The van der Waals surface area contributed by atoms with Gasteiger partial charge in [0.05, 0.1) is 5.52 Å². The second kappa shape index (κ2) is 4.67. The number of nitrogens with zero attached hydrogens (tertiary/aromatic N) is 2. The topological polar surface area (TPSA) is 28.2 Å². The Morgan fingerprint density at radius 2 is 2.22 bits per heavy atom. The van der Waals surface area contributed by atoms with E-state index in [0.29, 0.717) is 6.04 Å². The molecule has 0 radical (unpaired) electrons. The molecule has 0 bridgehead atoms. The lowest BCUT2D eigenvalue weighted by Gasteiger charge is -2.31. The fraction of sp³-hybridized carbons (Fsp3) is 0.400. The summed E-state index contributed by atoms with van der Waals surface area (Å²) in [6, 6.07) is 9.08. The predicted octanol–water partition coefficient (Wildman–Crippen LogP) is 2.12. The highest BCUT2D eigenvalue weighted by molar-refractivity contribution is 5.83. The first-order valence-corrected chi connectivity index (χ1v) is 6.51. The summed E-state index contributed by atoms with van der Waals surface area (Å²) in [4.78, 5) is 6.85. The normalized spacial score (nSPS) is 21.3. The Balaban J connectivity index is 2.05. The number of aromatic nitrogens is 1. The number of fused-ring (bicyclic) bond motifs is 1. The van der Waals surface area contributed by atoms with E-state index in [1.54, 1.807) is 0 Å². The number of likely N-dealkylation sites (N-methyl/N-ethyl adjacent to an activating group) is 1. The van der Waals surface area contributed by atoms with Crippen molar-refractivity contribution in [3.05, 3.63) is 41.6 Å². The van der Waals surface area contributed by atoms with E-state index in [1.807, 2.05) is 6.20 Å². The number of hydrogen-bond donors (Lipinski definition) is 1. The van der Waals surface area contributed by atoms with Crippen LogP contribution in [0.3, 0.4) is 0 Å². The van der Waals surface area contributed by atoms with Gasteiger partial charge in [-0.15, -0.1) is 0 Å². The minimum atomic E-state index is 0.414.